The summed E-state index contributed by atoms with van der Waals surface area (Å²) in [4.78, 5) is 11.9. The molecule has 0 bridgehead atoms. The highest BCUT2D eigenvalue weighted by Gasteiger charge is 2.05. The molecule has 5 heteroatoms. The lowest BCUT2D eigenvalue weighted by molar-refractivity contribution is -0.119. The number of carbonyl (C=O) groups is 1. The van der Waals surface area contributed by atoms with Crippen molar-refractivity contribution in [3.05, 3.63) is 28.8 Å². The molecule has 0 aliphatic carbocycles. The third-order valence-electron chi connectivity index (χ3n) is 4.19. The number of hydrogen-bond donors (Lipinski definition) is 2. The Balaban J connectivity index is 2.09. The molecule has 3 nitrogen and oxygen atoms in total. The van der Waals surface area contributed by atoms with Crippen LogP contribution in [0.5, 0.6) is 0 Å². The number of aryl methyl sites for hydroxylation is 1. The van der Waals surface area contributed by atoms with Gasteiger partial charge in [0.05, 0.1) is 0 Å². The predicted octanol–water partition coefficient (Wildman–Crippen LogP) is 6.38. The van der Waals surface area contributed by atoms with E-state index in [9.17, 15) is 4.79 Å². The van der Waals surface area contributed by atoms with Gasteiger partial charge in [-0.05, 0) is 43.3 Å². The monoisotopic (exact) mass is 382 g/mol. The van der Waals surface area contributed by atoms with E-state index in [4.69, 9.17) is 23.8 Å². The first-order valence-electron chi connectivity index (χ1n) is 9.40. The molecule has 1 aromatic carbocycles. The predicted molar refractivity (Wildman–Crippen MR) is 112 cm³/mol. The molecular formula is C20H31ClN2OS. The van der Waals surface area contributed by atoms with Crippen molar-refractivity contribution in [3.63, 3.8) is 0 Å². The number of halogens is 1. The highest BCUT2D eigenvalue weighted by atomic mass is 35.5. The lowest BCUT2D eigenvalue weighted by Gasteiger charge is -2.10. The topological polar surface area (TPSA) is 41.1 Å². The van der Waals surface area contributed by atoms with Crippen LogP contribution in [0.15, 0.2) is 18.2 Å². The quantitative estimate of drug-likeness (QED) is 0.344. The van der Waals surface area contributed by atoms with Gasteiger partial charge in [0.2, 0.25) is 5.91 Å². The van der Waals surface area contributed by atoms with Crippen LogP contribution in [0.3, 0.4) is 0 Å². The Morgan fingerprint density at radius 2 is 1.64 bits per heavy atom. The van der Waals surface area contributed by atoms with Crippen molar-refractivity contribution in [2.75, 3.05) is 5.32 Å². The molecule has 0 heterocycles. The maximum Gasteiger partial charge on any atom is 0.226 e. The Kier molecular flexibility index (Phi) is 11.5. The van der Waals surface area contributed by atoms with E-state index in [-0.39, 0.29) is 5.91 Å². The van der Waals surface area contributed by atoms with Crippen molar-refractivity contribution in [1.82, 2.24) is 5.32 Å². The fourth-order valence-corrected chi connectivity index (χ4v) is 3.03. The number of thiocarbonyl (C=S) groups is 1. The molecule has 0 saturated heterocycles. The smallest absolute Gasteiger partial charge is 0.226 e. The van der Waals surface area contributed by atoms with Gasteiger partial charge < -0.3 is 10.6 Å². The van der Waals surface area contributed by atoms with Crippen molar-refractivity contribution < 1.29 is 4.79 Å². The van der Waals surface area contributed by atoms with Gasteiger partial charge in [-0.25, -0.2) is 0 Å². The Morgan fingerprint density at radius 3 is 2.24 bits per heavy atom. The summed E-state index contributed by atoms with van der Waals surface area (Å²) in [6, 6.07) is 5.60. The number of anilines is 1. The van der Waals surface area contributed by atoms with Crippen LogP contribution in [0.1, 0.15) is 76.7 Å². The van der Waals surface area contributed by atoms with Crippen LogP contribution in [-0.4, -0.2) is 11.0 Å². The molecule has 140 valence electrons. The SMILES string of the molecule is CCCCCCCCCCCC(=O)NC(=S)Nc1ccc(C)c(Cl)c1. The highest BCUT2D eigenvalue weighted by molar-refractivity contribution is 7.80. The lowest BCUT2D eigenvalue weighted by atomic mass is 10.1. The van der Waals surface area contributed by atoms with Gasteiger partial charge in [0.25, 0.3) is 0 Å². The summed E-state index contributed by atoms with van der Waals surface area (Å²) in [5, 5.41) is 6.71. The van der Waals surface area contributed by atoms with Crippen molar-refractivity contribution in [2.24, 2.45) is 0 Å². The maximum absolute atomic E-state index is 11.9. The Bertz CT molecular complexity index is 548. The number of amides is 1. The molecule has 0 fully saturated rings. The first kappa shape index (κ1) is 21.9. The van der Waals surface area contributed by atoms with E-state index >= 15 is 0 Å². The van der Waals surface area contributed by atoms with Gasteiger partial charge in [-0.15, -0.1) is 0 Å². The summed E-state index contributed by atoms with van der Waals surface area (Å²) in [5.41, 5.74) is 1.79. The van der Waals surface area contributed by atoms with Gasteiger partial charge in [-0.3, -0.25) is 4.79 Å². The molecule has 0 unspecified atom stereocenters. The lowest BCUT2D eigenvalue weighted by Crippen LogP contribution is -2.33. The average Bonchev–Trinajstić information content (AvgIpc) is 2.56. The number of rotatable bonds is 11. The number of unbranched alkanes of at least 4 members (excludes halogenated alkanes) is 8. The Morgan fingerprint density at radius 1 is 1.04 bits per heavy atom. The van der Waals surface area contributed by atoms with Crippen LogP contribution < -0.4 is 10.6 Å². The molecule has 0 saturated carbocycles. The number of hydrogen-bond acceptors (Lipinski definition) is 2. The van der Waals surface area contributed by atoms with Crippen LogP contribution in [0.25, 0.3) is 0 Å². The largest absolute Gasteiger partial charge is 0.332 e. The zero-order valence-electron chi connectivity index (χ0n) is 15.5. The van der Waals surface area contributed by atoms with Gasteiger partial charge in [0, 0.05) is 17.1 Å². The second-order valence-corrected chi connectivity index (χ2v) is 7.36. The minimum absolute atomic E-state index is 0.0290. The zero-order chi connectivity index (χ0) is 18.5. The van der Waals surface area contributed by atoms with Crippen LogP contribution in [-0.2, 0) is 4.79 Å². The van der Waals surface area contributed by atoms with E-state index in [1.165, 1.54) is 44.9 Å². The molecule has 0 aliphatic rings. The summed E-state index contributed by atoms with van der Waals surface area (Å²) < 4.78 is 0. The molecule has 1 rings (SSSR count). The second kappa shape index (κ2) is 13.1. The standard InChI is InChI=1S/C20H31ClN2OS/c1-3-4-5-6-7-8-9-10-11-12-19(24)23-20(25)22-17-14-13-16(2)18(21)15-17/h13-15H,3-12H2,1-2H3,(H2,22,23,24,25). The molecule has 0 aliphatic heterocycles. The molecule has 0 aromatic heterocycles. The fraction of sp³-hybridized carbons (Fsp3) is 0.600. The molecule has 1 amide bonds. The molecule has 0 spiro atoms. The van der Waals surface area contributed by atoms with Crippen LogP contribution >= 0.6 is 23.8 Å². The van der Waals surface area contributed by atoms with Crippen LogP contribution in [0, 0.1) is 6.92 Å². The first-order chi connectivity index (χ1) is 12.0. The average molecular weight is 383 g/mol. The van der Waals surface area contributed by atoms with Gasteiger partial charge in [-0.2, -0.15) is 0 Å². The van der Waals surface area contributed by atoms with Gasteiger partial charge in [-0.1, -0.05) is 76.0 Å². The van der Waals surface area contributed by atoms with E-state index in [1.807, 2.05) is 19.1 Å². The highest BCUT2D eigenvalue weighted by Crippen LogP contribution is 2.19. The van der Waals surface area contributed by atoms with Crippen molar-refractivity contribution in [2.45, 2.75) is 78.1 Å². The van der Waals surface area contributed by atoms with Crippen LogP contribution in [0.2, 0.25) is 5.02 Å². The summed E-state index contributed by atoms with van der Waals surface area (Å²) in [6.45, 7) is 4.18. The van der Waals surface area contributed by atoms with Gasteiger partial charge >= 0.3 is 0 Å². The van der Waals surface area contributed by atoms with Crippen molar-refractivity contribution >= 4 is 40.5 Å². The summed E-state index contributed by atoms with van der Waals surface area (Å²) in [5.74, 6) is -0.0290. The van der Waals surface area contributed by atoms with E-state index in [2.05, 4.69) is 17.6 Å². The zero-order valence-corrected chi connectivity index (χ0v) is 17.1. The summed E-state index contributed by atoms with van der Waals surface area (Å²) in [6.07, 6.45) is 11.7. The van der Waals surface area contributed by atoms with E-state index in [0.717, 1.165) is 24.1 Å². The molecule has 1 aromatic rings. The van der Waals surface area contributed by atoms with Crippen LogP contribution in [0.4, 0.5) is 5.69 Å². The third-order valence-corrected chi connectivity index (χ3v) is 4.80. The Hall–Kier alpha value is -1.13. The van der Waals surface area contributed by atoms with Gasteiger partial charge in [0.1, 0.15) is 0 Å². The first-order valence-corrected chi connectivity index (χ1v) is 10.2. The summed E-state index contributed by atoms with van der Waals surface area (Å²) >= 11 is 11.3. The molecule has 0 atom stereocenters. The summed E-state index contributed by atoms with van der Waals surface area (Å²) in [7, 11) is 0. The third kappa shape index (κ3) is 10.5. The van der Waals surface area contributed by atoms with Crippen molar-refractivity contribution in [3.8, 4) is 0 Å². The molecule has 0 radical (unpaired) electrons. The number of carbonyl (C=O) groups excluding carboxylic acids is 1. The second-order valence-electron chi connectivity index (χ2n) is 6.54. The fourth-order valence-electron chi connectivity index (χ4n) is 2.62. The normalized spacial score (nSPS) is 10.5. The van der Waals surface area contributed by atoms with Crippen molar-refractivity contribution in [1.29, 1.82) is 0 Å². The van der Waals surface area contributed by atoms with E-state index in [0.29, 0.717) is 16.6 Å². The molecular weight excluding hydrogens is 352 g/mol. The minimum atomic E-state index is -0.0290. The number of benzene rings is 1. The minimum Gasteiger partial charge on any atom is -0.332 e. The molecule has 25 heavy (non-hydrogen) atoms. The molecule has 2 N–H and O–H groups in total. The van der Waals surface area contributed by atoms with Gasteiger partial charge in [0.15, 0.2) is 5.11 Å². The van der Waals surface area contributed by atoms with E-state index in [1.54, 1.807) is 6.07 Å². The Labute approximate surface area is 162 Å². The van der Waals surface area contributed by atoms with E-state index < -0.39 is 0 Å². The maximum atomic E-state index is 11.9. The number of nitrogens with one attached hydrogen (secondary N) is 2.